The molecule has 0 saturated heterocycles. The molecule has 150 valence electrons. The van der Waals surface area contributed by atoms with Crippen molar-refractivity contribution in [2.45, 2.75) is 110 Å². The first-order valence-electron chi connectivity index (χ1n) is 10.4. The summed E-state index contributed by atoms with van der Waals surface area (Å²) in [6, 6.07) is 0. The maximum atomic E-state index is 12.3. The second-order valence-electron chi connectivity index (χ2n) is 6.95. The molecule has 0 heterocycles. The van der Waals surface area contributed by atoms with Crippen LogP contribution in [0, 0.1) is 0 Å². The number of amides is 1. The van der Waals surface area contributed by atoms with Crippen LogP contribution in [0.15, 0.2) is 0 Å². The summed E-state index contributed by atoms with van der Waals surface area (Å²) >= 11 is 0. The molecular weight excluding hydrogens is 353 g/mol. The fraction of sp³-hybridized carbons (Fsp3) is 0.950. The monoisotopic (exact) mass is 393 g/mol. The molecule has 0 saturated carbocycles. The highest BCUT2D eigenvalue weighted by Gasteiger charge is 2.06. The fourth-order valence-electron chi connectivity index (χ4n) is 2.85. The third kappa shape index (κ3) is 20.3. The summed E-state index contributed by atoms with van der Waals surface area (Å²) in [4.78, 5) is 10.4. The smallest absolute Gasteiger partial charge is 0.252 e. The van der Waals surface area contributed by atoms with E-state index < -0.39 is 6.16 Å². The molecule has 0 rings (SSSR count). The second kappa shape index (κ2) is 20.4. The summed E-state index contributed by atoms with van der Waals surface area (Å²) in [5.74, 6) is 0.987. The minimum atomic E-state index is -1.37. The maximum absolute atomic E-state index is 12.3. The van der Waals surface area contributed by atoms with Crippen molar-refractivity contribution in [2.24, 2.45) is 0 Å². The van der Waals surface area contributed by atoms with Gasteiger partial charge < -0.3 is 0 Å². The van der Waals surface area contributed by atoms with Crippen LogP contribution in [0.3, 0.4) is 0 Å². The van der Waals surface area contributed by atoms with Gasteiger partial charge in [-0.3, -0.25) is 4.31 Å². The molecule has 0 aliphatic rings. The van der Waals surface area contributed by atoms with Gasteiger partial charge in [0, 0.05) is 23.8 Å². The van der Waals surface area contributed by atoms with Crippen molar-refractivity contribution in [3.8, 4) is 0 Å². The van der Waals surface area contributed by atoms with Crippen molar-refractivity contribution in [3.63, 3.8) is 0 Å². The molecule has 0 aliphatic heterocycles. The standard InChI is InChI=1S/C20H40FNOS2/c1-3-4-5-6-7-8-9-10-11-12-13-14-15-16-17-18-19-24-25-22(2)20(21)23/h3-19H2,1-2H3. The molecular formula is C20H40FNOS2. The molecule has 0 atom stereocenters. The second-order valence-corrected chi connectivity index (χ2v) is 9.45. The number of hydrogen-bond acceptors (Lipinski definition) is 3. The lowest BCUT2D eigenvalue weighted by molar-refractivity contribution is 0.210. The van der Waals surface area contributed by atoms with Crippen LogP contribution < -0.4 is 0 Å². The van der Waals surface area contributed by atoms with E-state index in [4.69, 9.17) is 0 Å². The molecule has 0 N–H and O–H groups in total. The van der Waals surface area contributed by atoms with Crippen LogP contribution in [0.4, 0.5) is 9.18 Å². The number of unbranched alkanes of at least 4 members (excludes halogenated alkanes) is 15. The van der Waals surface area contributed by atoms with Crippen molar-refractivity contribution in [2.75, 3.05) is 12.8 Å². The highest BCUT2D eigenvalue weighted by molar-refractivity contribution is 8.75. The largest absolute Gasteiger partial charge is 0.410 e. The van der Waals surface area contributed by atoms with Gasteiger partial charge in [-0.15, -0.1) is 4.39 Å². The number of nitrogens with zero attached hydrogens (tertiary/aromatic N) is 1. The summed E-state index contributed by atoms with van der Waals surface area (Å²) in [7, 11) is 4.22. The van der Waals surface area contributed by atoms with Gasteiger partial charge in [-0.25, -0.2) is 4.79 Å². The van der Waals surface area contributed by atoms with Gasteiger partial charge in [0.25, 0.3) is 0 Å². The summed E-state index contributed by atoms with van der Waals surface area (Å²) < 4.78 is 13.3. The number of carbonyl (C=O) groups excluding carboxylic acids is 1. The van der Waals surface area contributed by atoms with Crippen LogP contribution in [-0.4, -0.2) is 23.3 Å². The van der Waals surface area contributed by atoms with E-state index in [0.717, 1.165) is 16.5 Å². The third-order valence-corrected chi connectivity index (χ3v) is 6.91. The highest BCUT2D eigenvalue weighted by Crippen LogP contribution is 2.26. The van der Waals surface area contributed by atoms with Crippen molar-refractivity contribution < 1.29 is 9.18 Å². The summed E-state index contributed by atoms with van der Waals surface area (Å²) in [5, 5.41) is 0. The van der Waals surface area contributed by atoms with Gasteiger partial charge in [0.2, 0.25) is 0 Å². The first kappa shape index (κ1) is 25.1. The zero-order valence-electron chi connectivity index (χ0n) is 16.6. The molecule has 0 aliphatic carbocycles. The maximum Gasteiger partial charge on any atom is 0.410 e. The zero-order valence-corrected chi connectivity index (χ0v) is 18.2. The lowest BCUT2D eigenvalue weighted by Crippen LogP contribution is -2.10. The normalized spacial score (nSPS) is 11.0. The minimum Gasteiger partial charge on any atom is -0.252 e. The van der Waals surface area contributed by atoms with E-state index in [1.807, 2.05) is 0 Å². The molecule has 25 heavy (non-hydrogen) atoms. The Morgan fingerprint density at radius 3 is 1.44 bits per heavy atom. The number of rotatable bonds is 19. The molecule has 0 radical (unpaired) electrons. The van der Waals surface area contributed by atoms with Gasteiger partial charge in [0.15, 0.2) is 0 Å². The molecule has 0 fully saturated rings. The van der Waals surface area contributed by atoms with Crippen molar-refractivity contribution >= 4 is 27.9 Å². The van der Waals surface area contributed by atoms with Crippen molar-refractivity contribution in [1.29, 1.82) is 0 Å². The Balaban J connectivity index is 3.04. The van der Waals surface area contributed by atoms with E-state index in [1.54, 1.807) is 10.8 Å². The topological polar surface area (TPSA) is 20.3 Å². The van der Waals surface area contributed by atoms with E-state index in [-0.39, 0.29) is 0 Å². The average molecular weight is 394 g/mol. The van der Waals surface area contributed by atoms with Crippen LogP contribution >= 0.6 is 21.8 Å². The summed E-state index contributed by atoms with van der Waals surface area (Å²) in [6.45, 7) is 2.28. The van der Waals surface area contributed by atoms with Crippen LogP contribution in [0.25, 0.3) is 0 Å². The van der Waals surface area contributed by atoms with Crippen LogP contribution in [0.5, 0.6) is 0 Å². The molecule has 0 aromatic rings. The van der Waals surface area contributed by atoms with E-state index in [0.29, 0.717) is 0 Å². The van der Waals surface area contributed by atoms with Crippen molar-refractivity contribution in [1.82, 2.24) is 4.31 Å². The predicted octanol–water partition coefficient (Wildman–Crippen LogP) is 8.57. The first-order chi connectivity index (χ1) is 12.2. The van der Waals surface area contributed by atoms with Gasteiger partial charge in [0.1, 0.15) is 0 Å². The molecule has 0 aromatic heterocycles. The molecule has 2 nitrogen and oxygen atoms in total. The van der Waals surface area contributed by atoms with E-state index in [1.165, 1.54) is 114 Å². The fourth-order valence-corrected chi connectivity index (χ4v) is 4.70. The molecule has 5 heteroatoms. The molecule has 0 bridgehead atoms. The first-order valence-corrected chi connectivity index (χ1v) is 12.7. The van der Waals surface area contributed by atoms with E-state index in [9.17, 15) is 9.18 Å². The van der Waals surface area contributed by atoms with E-state index in [2.05, 4.69) is 6.92 Å². The molecule has 1 amide bonds. The van der Waals surface area contributed by atoms with Gasteiger partial charge in [0.05, 0.1) is 0 Å². The Hall–Kier alpha value is 0.1000. The lowest BCUT2D eigenvalue weighted by Gasteiger charge is -2.08. The Bertz CT molecular complexity index is 293. The molecule has 0 aromatic carbocycles. The van der Waals surface area contributed by atoms with Crippen LogP contribution in [0.1, 0.15) is 110 Å². The van der Waals surface area contributed by atoms with Crippen molar-refractivity contribution in [3.05, 3.63) is 0 Å². The van der Waals surface area contributed by atoms with Crippen LogP contribution in [-0.2, 0) is 0 Å². The number of carbonyl (C=O) groups is 1. The van der Waals surface area contributed by atoms with Gasteiger partial charge >= 0.3 is 6.16 Å². The number of halogens is 1. The Kier molecular flexibility index (Phi) is 20.5. The SMILES string of the molecule is CCCCCCCCCCCCCCCCCCSSN(C)C(=O)F. The zero-order chi connectivity index (χ0) is 18.6. The number of hydrogen-bond donors (Lipinski definition) is 0. The molecule has 0 unspecified atom stereocenters. The Morgan fingerprint density at radius 2 is 1.08 bits per heavy atom. The average Bonchev–Trinajstić information content (AvgIpc) is 2.60. The van der Waals surface area contributed by atoms with Crippen LogP contribution in [0.2, 0.25) is 0 Å². The quantitative estimate of drug-likeness (QED) is 0.0720. The minimum absolute atomic E-state index is 0.987. The summed E-state index contributed by atoms with van der Waals surface area (Å²) in [5.41, 5.74) is 0. The Labute approximate surface area is 164 Å². The van der Waals surface area contributed by atoms with E-state index >= 15 is 0 Å². The lowest BCUT2D eigenvalue weighted by atomic mass is 10.0. The third-order valence-electron chi connectivity index (χ3n) is 4.49. The Morgan fingerprint density at radius 1 is 0.720 bits per heavy atom. The molecule has 0 spiro atoms. The van der Waals surface area contributed by atoms with Gasteiger partial charge in [-0.1, -0.05) is 114 Å². The van der Waals surface area contributed by atoms with Gasteiger partial charge in [-0.05, 0) is 6.42 Å². The summed E-state index contributed by atoms with van der Waals surface area (Å²) in [6.07, 6.45) is 20.7. The van der Waals surface area contributed by atoms with Gasteiger partial charge in [-0.2, -0.15) is 0 Å². The predicted molar refractivity (Wildman–Crippen MR) is 114 cm³/mol. The highest BCUT2D eigenvalue weighted by atomic mass is 33.1.